The first-order chi connectivity index (χ1) is 20.8. The number of nitrogens with zero attached hydrogens (tertiary/aromatic N) is 1. The van der Waals surface area contributed by atoms with Crippen LogP contribution >= 0.6 is 0 Å². The molecule has 9 rings (SSSR count). The van der Waals surface area contributed by atoms with Gasteiger partial charge in [0.25, 0.3) is 0 Å². The molecule has 0 N–H and O–H groups in total. The van der Waals surface area contributed by atoms with Gasteiger partial charge < -0.3 is 0 Å². The molecule has 42 heavy (non-hydrogen) atoms. The molecule has 0 bridgehead atoms. The lowest BCUT2D eigenvalue weighted by molar-refractivity contribution is 1.37. The lowest BCUT2D eigenvalue weighted by Crippen LogP contribution is -1.87. The Bertz CT molecular complexity index is 2280. The van der Waals surface area contributed by atoms with Gasteiger partial charge in [0.15, 0.2) is 0 Å². The van der Waals surface area contributed by atoms with Crippen LogP contribution in [0.1, 0.15) is 0 Å². The van der Waals surface area contributed by atoms with Crippen LogP contribution in [0.15, 0.2) is 152 Å². The topological polar surface area (TPSA) is 12.9 Å². The van der Waals surface area contributed by atoms with Crippen molar-refractivity contribution in [1.29, 1.82) is 0 Å². The predicted octanol–water partition coefficient (Wildman–Crippen LogP) is 11.3. The Hall–Kier alpha value is -5.53. The molecule has 1 heteroatoms. The van der Waals surface area contributed by atoms with Crippen LogP contribution in [0.3, 0.4) is 0 Å². The van der Waals surface area contributed by atoms with Gasteiger partial charge in [0, 0.05) is 17.8 Å². The fraction of sp³-hybridized carbons (Fsp3) is 0. The minimum atomic E-state index is 1.19. The molecule has 0 saturated carbocycles. The quantitative estimate of drug-likeness (QED) is 0.202. The van der Waals surface area contributed by atoms with Crippen LogP contribution in [0.4, 0.5) is 0 Å². The van der Waals surface area contributed by atoms with E-state index in [1.165, 1.54) is 86.9 Å². The van der Waals surface area contributed by atoms with Crippen molar-refractivity contribution in [2.75, 3.05) is 0 Å². The number of hydrogen-bond acceptors (Lipinski definition) is 1. The number of fused-ring (bicyclic) bond motifs is 12. The first-order valence-electron chi connectivity index (χ1n) is 14.5. The van der Waals surface area contributed by atoms with E-state index in [-0.39, 0.29) is 0 Å². The van der Waals surface area contributed by atoms with Crippen LogP contribution in [0, 0.1) is 0 Å². The van der Waals surface area contributed by atoms with Crippen LogP contribution in [0.25, 0.3) is 86.9 Å². The van der Waals surface area contributed by atoms with E-state index in [4.69, 9.17) is 0 Å². The SMILES string of the molecule is c1cc(-c2ccc3c4ccccc4c4ccccc4c3c2)cc(-c2ccc3c4ccccc4c4ccncc4c3c2)c1. The van der Waals surface area contributed by atoms with Crippen molar-refractivity contribution in [2.45, 2.75) is 0 Å². The summed E-state index contributed by atoms with van der Waals surface area (Å²) in [5.41, 5.74) is 4.87. The van der Waals surface area contributed by atoms with E-state index >= 15 is 0 Å². The largest absolute Gasteiger partial charge is 0.264 e. The normalized spacial score (nSPS) is 11.8. The molecule has 0 aliphatic rings. The van der Waals surface area contributed by atoms with Crippen molar-refractivity contribution >= 4 is 64.6 Å². The Balaban J connectivity index is 1.23. The fourth-order valence-electron chi connectivity index (χ4n) is 6.94. The standard InChI is InChI=1S/C41H25N/c1-2-12-32-30(10-1)31-11-5-6-15-35(31)39-23-28(16-18-36(32)39)26-8-7-9-27(22-26)29-17-19-37-33-13-3-4-14-34(33)38-20-21-42-25-41(38)40(37)24-29/h1-25H. The molecule has 1 heterocycles. The van der Waals surface area contributed by atoms with E-state index < -0.39 is 0 Å². The Morgan fingerprint density at radius 1 is 0.262 bits per heavy atom. The Labute approximate surface area is 243 Å². The molecule has 1 aromatic heterocycles. The second-order valence-electron chi connectivity index (χ2n) is 11.2. The second-order valence-corrected chi connectivity index (χ2v) is 11.2. The fourth-order valence-corrected chi connectivity index (χ4v) is 6.94. The monoisotopic (exact) mass is 531 g/mol. The number of hydrogen-bond donors (Lipinski definition) is 0. The van der Waals surface area contributed by atoms with Crippen molar-refractivity contribution in [3.05, 3.63) is 152 Å². The highest BCUT2D eigenvalue weighted by Gasteiger charge is 2.12. The van der Waals surface area contributed by atoms with Gasteiger partial charge in [-0.1, -0.05) is 115 Å². The number of pyridine rings is 1. The molecule has 0 amide bonds. The predicted molar refractivity (Wildman–Crippen MR) is 180 cm³/mol. The molecular formula is C41H25N. The van der Waals surface area contributed by atoms with Crippen molar-refractivity contribution < 1.29 is 0 Å². The van der Waals surface area contributed by atoms with E-state index in [1.807, 2.05) is 12.4 Å². The lowest BCUT2D eigenvalue weighted by atomic mass is 9.90. The maximum atomic E-state index is 4.49. The number of aromatic nitrogens is 1. The zero-order chi connectivity index (χ0) is 27.6. The van der Waals surface area contributed by atoms with E-state index in [0.29, 0.717) is 0 Å². The molecule has 0 spiro atoms. The summed E-state index contributed by atoms with van der Waals surface area (Å²) in [5, 5.41) is 15.3. The van der Waals surface area contributed by atoms with Crippen LogP contribution in [-0.4, -0.2) is 4.98 Å². The maximum Gasteiger partial charge on any atom is 0.0352 e. The van der Waals surface area contributed by atoms with Crippen LogP contribution in [0.2, 0.25) is 0 Å². The van der Waals surface area contributed by atoms with Gasteiger partial charge in [-0.05, 0) is 106 Å². The molecule has 0 atom stereocenters. The molecule has 0 saturated heterocycles. The van der Waals surface area contributed by atoms with Gasteiger partial charge in [0.1, 0.15) is 0 Å². The first-order valence-corrected chi connectivity index (χ1v) is 14.5. The van der Waals surface area contributed by atoms with E-state index in [2.05, 4.69) is 145 Å². The van der Waals surface area contributed by atoms with E-state index in [0.717, 1.165) is 0 Å². The van der Waals surface area contributed by atoms with Gasteiger partial charge in [-0.15, -0.1) is 0 Å². The highest BCUT2D eigenvalue weighted by molar-refractivity contribution is 6.26. The summed E-state index contributed by atoms with van der Waals surface area (Å²) >= 11 is 0. The highest BCUT2D eigenvalue weighted by Crippen LogP contribution is 2.39. The average molecular weight is 532 g/mol. The van der Waals surface area contributed by atoms with Gasteiger partial charge in [-0.3, -0.25) is 4.98 Å². The molecule has 0 unspecified atom stereocenters. The minimum Gasteiger partial charge on any atom is -0.264 e. The zero-order valence-electron chi connectivity index (χ0n) is 22.9. The van der Waals surface area contributed by atoms with E-state index in [1.54, 1.807) is 0 Å². The summed E-state index contributed by atoms with van der Waals surface area (Å²) in [6, 6.07) is 51.1. The summed E-state index contributed by atoms with van der Waals surface area (Å²) in [6.45, 7) is 0. The average Bonchev–Trinajstić information content (AvgIpc) is 3.08. The molecule has 1 nitrogen and oxygen atoms in total. The summed E-state index contributed by atoms with van der Waals surface area (Å²) in [6.07, 6.45) is 3.90. The van der Waals surface area contributed by atoms with Crippen LogP contribution in [-0.2, 0) is 0 Å². The van der Waals surface area contributed by atoms with E-state index in [9.17, 15) is 0 Å². The number of benzene rings is 8. The van der Waals surface area contributed by atoms with Crippen LogP contribution < -0.4 is 0 Å². The van der Waals surface area contributed by atoms with Crippen LogP contribution in [0.5, 0.6) is 0 Å². The Morgan fingerprint density at radius 3 is 1.14 bits per heavy atom. The minimum absolute atomic E-state index is 1.19. The molecule has 0 aliphatic heterocycles. The van der Waals surface area contributed by atoms with Crippen molar-refractivity contribution in [3.8, 4) is 22.3 Å². The van der Waals surface area contributed by atoms with Crippen molar-refractivity contribution in [3.63, 3.8) is 0 Å². The third-order valence-corrected chi connectivity index (χ3v) is 8.91. The molecule has 9 aromatic rings. The van der Waals surface area contributed by atoms with Gasteiger partial charge >= 0.3 is 0 Å². The third-order valence-electron chi connectivity index (χ3n) is 8.91. The molecular weight excluding hydrogens is 506 g/mol. The maximum absolute atomic E-state index is 4.49. The summed E-state index contributed by atoms with van der Waals surface area (Å²) in [4.78, 5) is 4.49. The van der Waals surface area contributed by atoms with Crippen molar-refractivity contribution in [1.82, 2.24) is 4.98 Å². The zero-order valence-corrected chi connectivity index (χ0v) is 22.9. The van der Waals surface area contributed by atoms with Gasteiger partial charge in [0.2, 0.25) is 0 Å². The molecule has 0 aliphatic carbocycles. The Morgan fingerprint density at radius 2 is 0.643 bits per heavy atom. The summed E-state index contributed by atoms with van der Waals surface area (Å²) in [5.74, 6) is 0. The Kier molecular flexibility index (Phi) is 4.97. The van der Waals surface area contributed by atoms with Gasteiger partial charge in [-0.25, -0.2) is 0 Å². The highest BCUT2D eigenvalue weighted by atomic mass is 14.6. The summed E-state index contributed by atoms with van der Waals surface area (Å²) in [7, 11) is 0. The second kappa shape index (κ2) is 8.99. The molecule has 0 radical (unpaired) electrons. The number of rotatable bonds is 2. The first kappa shape index (κ1) is 23.2. The lowest BCUT2D eigenvalue weighted by Gasteiger charge is -2.13. The molecule has 0 fully saturated rings. The summed E-state index contributed by atoms with van der Waals surface area (Å²) < 4.78 is 0. The van der Waals surface area contributed by atoms with Gasteiger partial charge in [-0.2, -0.15) is 0 Å². The third kappa shape index (κ3) is 3.41. The molecule has 194 valence electrons. The van der Waals surface area contributed by atoms with Gasteiger partial charge in [0.05, 0.1) is 0 Å². The smallest absolute Gasteiger partial charge is 0.0352 e. The van der Waals surface area contributed by atoms with Crippen molar-refractivity contribution in [2.24, 2.45) is 0 Å². The molecule has 8 aromatic carbocycles.